The minimum Gasteiger partial charge on any atom is -0.361 e. The van der Waals surface area contributed by atoms with Crippen molar-refractivity contribution in [1.82, 2.24) is 20.3 Å². The molecule has 6 nitrogen and oxygen atoms in total. The summed E-state index contributed by atoms with van der Waals surface area (Å²) in [7, 11) is 0. The van der Waals surface area contributed by atoms with Crippen molar-refractivity contribution in [3.63, 3.8) is 0 Å². The van der Waals surface area contributed by atoms with Crippen LogP contribution in [0.25, 0.3) is 0 Å². The second-order valence-electron chi connectivity index (χ2n) is 4.93. The lowest BCUT2D eigenvalue weighted by molar-refractivity contribution is 0.0695. The summed E-state index contributed by atoms with van der Waals surface area (Å²) in [6.07, 6.45) is 3.81. The Hall–Kier alpha value is -2.11. The van der Waals surface area contributed by atoms with Gasteiger partial charge in [0.25, 0.3) is 5.91 Å². The van der Waals surface area contributed by atoms with Crippen molar-refractivity contribution in [3.8, 4) is 0 Å². The fourth-order valence-electron chi connectivity index (χ4n) is 2.54. The number of nitrogens with one attached hydrogen (secondary N) is 1. The van der Waals surface area contributed by atoms with Crippen molar-refractivity contribution in [2.45, 2.75) is 25.7 Å². The van der Waals surface area contributed by atoms with Crippen molar-refractivity contribution in [3.05, 3.63) is 35.5 Å². The van der Waals surface area contributed by atoms with Gasteiger partial charge in [0.2, 0.25) is 0 Å². The van der Waals surface area contributed by atoms with Gasteiger partial charge in [0.1, 0.15) is 5.76 Å². The molecular formula is C13H16N4O2. The summed E-state index contributed by atoms with van der Waals surface area (Å²) in [5, 5.41) is 10.8. The molecule has 6 heteroatoms. The molecule has 1 aliphatic heterocycles. The van der Waals surface area contributed by atoms with E-state index in [4.69, 9.17) is 4.52 Å². The van der Waals surface area contributed by atoms with Gasteiger partial charge < -0.3 is 9.42 Å². The van der Waals surface area contributed by atoms with E-state index in [1.807, 2.05) is 11.0 Å². The van der Waals surface area contributed by atoms with E-state index < -0.39 is 0 Å². The Bertz CT molecular complexity index is 561. The molecule has 1 aliphatic rings. The molecule has 3 rings (SSSR count). The molecule has 1 saturated heterocycles. The highest BCUT2D eigenvalue weighted by Gasteiger charge is 2.27. The zero-order valence-corrected chi connectivity index (χ0v) is 10.8. The molecule has 0 saturated carbocycles. The average molecular weight is 260 g/mol. The first-order valence-electron chi connectivity index (χ1n) is 6.46. The number of hydrogen-bond donors (Lipinski definition) is 1. The Morgan fingerprint density at radius 2 is 2.47 bits per heavy atom. The Morgan fingerprint density at radius 1 is 1.58 bits per heavy atom. The molecule has 100 valence electrons. The number of aromatic amines is 1. The van der Waals surface area contributed by atoms with Gasteiger partial charge in [0.05, 0.1) is 0 Å². The summed E-state index contributed by atoms with van der Waals surface area (Å²) >= 11 is 0. The van der Waals surface area contributed by atoms with Gasteiger partial charge in [-0.25, -0.2) is 0 Å². The molecule has 0 radical (unpaired) electrons. The van der Waals surface area contributed by atoms with Crippen LogP contribution in [0.5, 0.6) is 0 Å². The first-order chi connectivity index (χ1) is 9.24. The van der Waals surface area contributed by atoms with E-state index in [2.05, 4.69) is 15.4 Å². The number of hydrogen-bond acceptors (Lipinski definition) is 4. The van der Waals surface area contributed by atoms with Crippen LogP contribution < -0.4 is 0 Å². The van der Waals surface area contributed by atoms with Gasteiger partial charge in [-0.2, -0.15) is 5.10 Å². The molecule has 2 aromatic heterocycles. The number of amides is 1. The molecule has 0 unspecified atom stereocenters. The highest BCUT2D eigenvalue weighted by atomic mass is 16.5. The second kappa shape index (κ2) is 4.87. The number of aromatic nitrogens is 3. The molecule has 2 aromatic rings. The average Bonchev–Trinajstić information content (AvgIpc) is 3.09. The summed E-state index contributed by atoms with van der Waals surface area (Å²) in [4.78, 5) is 14.1. The van der Waals surface area contributed by atoms with Crippen LogP contribution in [0.15, 0.2) is 22.9 Å². The molecule has 1 N–H and O–H groups in total. The number of rotatable bonds is 2. The molecule has 3 heterocycles. The normalized spacial score (nSPS) is 19.6. The van der Waals surface area contributed by atoms with E-state index in [-0.39, 0.29) is 5.91 Å². The van der Waals surface area contributed by atoms with Gasteiger partial charge in [-0.3, -0.25) is 9.89 Å². The van der Waals surface area contributed by atoms with Crippen molar-refractivity contribution >= 4 is 5.91 Å². The zero-order chi connectivity index (χ0) is 13.2. The van der Waals surface area contributed by atoms with E-state index >= 15 is 0 Å². The second-order valence-corrected chi connectivity index (χ2v) is 4.93. The largest absolute Gasteiger partial charge is 0.361 e. The maximum Gasteiger partial charge on any atom is 0.276 e. The fourth-order valence-corrected chi connectivity index (χ4v) is 2.54. The minimum atomic E-state index is -0.0546. The zero-order valence-electron chi connectivity index (χ0n) is 10.8. The van der Waals surface area contributed by atoms with Crippen LogP contribution in [0.3, 0.4) is 0 Å². The van der Waals surface area contributed by atoms with Crippen molar-refractivity contribution in [1.29, 1.82) is 0 Å². The van der Waals surface area contributed by atoms with E-state index in [9.17, 15) is 4.79 Å². The van der Waals surface area contributed by atoms with E-state index in [0.29, 0.717) is 23.9 Å². The smallest absolute Gasteiger partial charge is 0.276 e. The van der Waals surface area contributed by atoms with E-state index in [1.54, 1.807) is 19.2 Å². The molecule has 0 aromatic carbocycles. The van der Waals surface area contributed by atoms with Crippen molar-refractivity contribution in [2.24, 2.45) is 0 Å². The van der Waals surface area contributed by atoms with Crippen LogP contribution in [-0.4, -0.2) is 39.3 Å². The lowest BCUT2D eigenvalue weighted by atomic mass is 9.95. The lowest BCUT2D eigenvalue weighted by Crippen LogP contribution is -2.39. The highest BCUT2D eigenvalue weighted by Crippen LogP contribution is 2.26. The third-order valence-electron chi connectivity index (χ3n) is 3.52. The molecule has 1 amide bonds. The standard InChI is InChI=1S/C13H16N4O2/c1-9-7-12(16-19-9)13(18)17-6-2-3-10(8-17)11-4-5-14-15-11/h4-5,7,10H,2-3,6,8H2,1H3,(H,14,15)/t10-/m1/s1. The summed E-state index contributed by atoms with van der Waals surface area (Å²) < 4.78 is 4.96. The number of carbonyl (C=O) groups is 1. The van der Waals surface area contributed by atoms with Crippen LogP contribution in [-0.2, 0) is 0 Å². The predicted molar refractivity (Wildman–Crippen MR) is 67.7 cm³/mol. The first-order valence-corrected chi connectivity index (χ1v) is 6.46. The van der Waals surface area contributed by atoms with Crippen LogP contribution in [0.4, 0.5) is 0 Å². The summed E-state index contributed by atoms with van der Waals surface area (Å²) in [5.41, 5.74) is 1.48. The fraction of sp³-hybridized carbons (Fsp3) is 0.462. The van der Waals surface area contributed by atoms with Crippen LogP contribution in [0.1, 0.15) is 40.7 Å². The van der Waals surface area contributed by atoms with Crippen molar-refractivity contribution < 1.29 is 9.32 Å². The molecular weight excluding hydrogens is 244 g/mol. The summed E-state index contributed by atoms with van der Waals surface area (Å²) in [5.74, 6) is 0.930. The van der Waals surface area contributed by atoms with Gasteiger partial charge in [0.15, 0.2) is 5.69 Å². The third-order valence-corrected chi connectivity index (χ3v) is 3.52. The Morgan fingerprint density at radius 3 is 3.16 bits per heavy atom. The van der Waals surface area contributed by atoms with Crippen LogP contribution in [0, 0.1) is 6.92 Å². The first kappa shape index (κ1) is 12.0. The minimum absolute atomic E-state index is 0.0546. The maximum absolute atomic E-state index is 12.3. The number of aryl methyl sites for hydroxylation is 1. The number of H-pyrrole nitrogens is 1. The van der Waals surface area contributed by atoms with E-state index in [1.165, 1.54) is 0 Å². The van der Waals surface area contributed by atoms with Gasteiger partial charge >= 0.3 is 0 Å². The topological polar surface area (TPSA) is 75.0 Å². The molecule has 1 fully saturated rings. The third kappa shape index (κ3) is 2.38. The van der Waals surface area contributed by atoms with E-state index in [0.717, 1.165) is 25.1 Å². The van der Waals surface area contributed by atoms with Gasteiger partial charge in [-0.05, 0) is 25.8 Å². The number of carbonyl (C=O) groups excluding carboxylic acids is 1. The number of piperidine rings is 1. The Kier molecular flexibility index (Phi) is 3.06. The molecule has 0 spiro atoms. The van der Waals surface area contributed by atoms with Gasteiger partial charge in [-0.15, -0.1) is 0 Å². The molecule has 19 heavy (non-hydrogen) atoms. The van der Waals surface area contributed by atoms with Gasteiger partial charge in [-0.1, -0.05) is 5.16 Å². The molecule has 0 aliphatic carbocycles. The quantitative estimate of drug-likeness (QED) is 0.892. The number of nitrogens with zero attached hydrogens (tertiary/aromatic N) is 3. The maximum atomic E-state index is 12.3. The van der Waals surface area contributed by atoms with Crippen molar-refractivity contribution in [2.75, 3.05) is 13.1 Å². The number of likely N-dealkylation sites (tertiary alicyclic amines) is 1. The van der Waals surface area contributed by atoms with Gasteiger partial charge in [0, 0.05) is 37.0 Å². The molecule has 1 atom stereocenters. The summed E-state index contributed by atoms with van der Waals surface area (Å²) in [6.45, 7) is 3.26. The monoisotopic (exact) mass is 260 g/mol. The highest BCUT2D eigenvalue weighted by molar-refractivity contribution is 5.92. The Labute approximate surface area is 110 Å². The SMILES string of the molecule is Cc1cc(C(=O)N2CCC[C@@H](c3ccn[nH]3)C2)no1. The molecule has 0 bridgehead atoms. The lowest BCUT2D eigenvalue weighted by Gasteiger charge is -2.31. The predicted octanol–water partition coefficient (Wildman–Crippen LogP) is 1.73. The summed E-state index contributed by atoms with van der Waals surface area (Å²) in [6, 6.07) is 3.65. The van der Waals surface area contributed by atoms with Crippen LogP contribution in [0.2, 0.25) is 0 Å². The Balaban J connectivity index is 1.73. The van der Waals surface area contributed by atoms with Crippen LogP contribution >= 0.6 is 0 Å².